The first-order valence-electron chi connectivity index (χ1n) is 11.6. The van der Waals surface area contributed by atoms with Crippen LogP contribution in [0.15, 0.2) is 29.2 Å². The third kappa shape index (κ3) is 7.49. The summed E-state index contributed by atoms with van der Waals surface area (Å²) < 4.78 is 64.7. The molecule has 2 aromatic carbocycles. The van der Waals surface area contributed by atoms with Crippen molar-refractivity contribution >= 4 is 61.5 Å². The van der Waals surface area contributed by atoms with Gasteiger partial charge in [0.25, 0.3) is 5.91 Å². The Balaban J connectivity index is 1.61. The van der Waals surface area contributed by atoms with E-state index in [2.05, 4.69) is 15.5 Å². The molecule has 202 valence electrons. The molecule has 1 aliphatic heterocycles. The standard InChI is InChI=1S/C23H26ClF2IN4O5S/c24-17-11-15(27)3-4-18(17)29-22-16(23(32)30-36-13-14-1-2-14)12-19(20(25)21(22)26)37(33,34)28-5-6-31-7-9-35-10-8-31/h3-4,11-12,14,28-29H,1-2,5-10,13H2,(H,30,32). The normalized spacial score (nSPS) is 16.5. The smallest absolute Gasteiger partial charge is 0.277 e. The van der Waals surface area contributed by atoms with Crippen molar-refractivity contribution in [2.24, 2.45) is 5.92 Å². The Bertz CT molecular complexity index is 1260. The van der Waals surface area contributed by atoms with Crippen LogP contribution in [-0.2, 0) is 19.6 Å². The van der Waals surface area contributed by atoms with E-state index in [1.165, 1.54) is 6.07 Å². The van der Waals surface area contributed by atoms with Crippen LogP contribution in [0.5, 0.6) is 0 Å². The van der Waals surface area contributed by atoms with Gasteiger partial charge < -0.3 is 10.1 Å². The minimum atomic E-state index is -4.50. The third-order valence-corrected chi connectivity index (χ3v) is 8.35. The number of benzene rings is 2. The number of morpholine rings is 1. The van der Waals surface area contributed by atoms with Crippen LogP contribution in [0.2, 0.25) is 5.02 Å². The molecule has 37 heavy (non-hydrogen) atoms. The fourth-order valence-electron chi connectivity index (χ4n) is 3.63. The van der Waals surface area contributed by atoms with Gasteiger partial charge in [-0.15, -0.1) is 0 Å². The fraction of sp³-hybridized carbons (Fsp3) is 0.435. The summed E-state index contributed by atoms with van der Waals surface area (Å²) in [6.07, 6.45) is 1.94. The number of halogens is 4. The van der Waals surface area contributed by atoms with E-state index in [0.717, 1.165) is 22.5 Å². The second-order valence-corrected chi connectivity index (χ2v) is 12.1. The zero-order valence-electron chi connectivity index (χ0n) is 19.7. The van der Waals surface area contributed by atoms with Crippen molar-refractivity contribution in [1.82, 2.24) is 15.1 Å². The molecule has 1 saturated heterocycles. The number of nitrogens with one attached hydrogen (secondary N) is 3. The highest BCUT2D eigenvalue weighted by atomic mass is 127. The molecule has 9 nitrogen and oxygen atoms in total. The molecule has 1 amide bonds. The van der Waals surface area contributed by atoms with Gasteiger partial charge in [-0.25, -0.2) is 27.4 Å². The van der Waals surface area contributed by atoms with Gasteiger partial charge in [0.1, 0.15) is 4.90 Å². The van der Waals surface area contributed by atoms with E-state index in [1.54, 1.807) is 12.1 Å². The molecule has 2 fully saturated rings. The van der Waals surface area contributed by atoms with Crippen LogP contribution < -0.4 is 15.5 Å². The number of anilines is 2. The van der Waals surface area contributed by atoms with Crippen molar-refractivity contribution in [1.29, 1.82) is 0 Å². The maximum atomic E-state index is 15.4. The van der Waals surface area contributed by atoms with Crippen LogP contribution in [0.3, 0.4) is 0 Å². The summed E-state index contributed by atoms with van der Waals surface area (Å²) >= 11 is 8.26. The Morgan fingerprint density at radius 1 is 1.19 bits per heavy atom. The second-order valence-electron chi connectivity index (χ2n) is 8.71. The summed E-state index contributed by atoms with van der Waals surface area (Å²) in [6, 6.07) is 5.59. The number of hydroxylamine groups is 1. The summed E-state index contributed by atoms with van der Waals surface area (Å²) in [7, 11) is -4.50. The molecule has 0 radical (unpaired) electrons. The molecule has 4 rings (SSSR count). The SMILES string of the molecule is O=C(NOCC1CC1)c1cc(S(=O)(=O)NCCN2CCOCC2)c(F)c(F)c1Nc1ccc(I)cc1Cl. The van der Waals surface area contributed by atoms with E-state index < -0.39 is 43.7 Å². The quantitative estimate of drug-likeness (QED) is 0.248. The average Bonchev–Trinajstić information content (AvgIpc) is 3.68. The van der Waals surface area contributed by atoms with Crippen molar-refractivity contribution < 1.29 is 31.6 Å². The molecule has 0 spiro atoms. The Morgan fingerprint density at radius 3 is 2.59 bits per heavy atom. The zero-order chi connectivity index (χ0) is 26.6. The molecule has 2 aromatic rings. The number of rotatable bonds is 11. The number of amides is 1. The zero-order valence-corrected chi connectivity index (χ0v) is 23.4. The highest BCUT2D eigenvalue weighted by Gasteiger charge is 2.30. The van der Waals surface area contributed by atoms with E-state index in [0.29, 0.717) is 38.8 Å². The van der Waals surface area contributed by atoms with Gasteiger partial charge in [0, 0.05) is 29.7 Å². The maximum Gasteiger partial charge on any atom is 0.277 e. The van der Waals surface area contributed by atoms with Crippen molar-refractivity contribution in [3.8, 4) is 0 Å². The molecule has 1 aliphatic carbocycles. The monoisotopic (exact) mass is 670 g/mol. The number of carbonyl (C=O) groups is 1. The van der Waals surface area contributed by atoms with Gasteiger partial charge in [-0.3, -0.25) is 14.5 Å². The maximum absolute atomic E-state index is 15.4. The van der Waals surface area contributed by atoms with Crippen molar-refractivity contribution in [3.05, 3.63) is 50.1 Å². The lowest BCUT2D eigenvalue weighted by molar-refractivity contribution is 0.0270. The Kier molecular flexibility index (Phi) is 9.58. The lowest BCUT2D eigenvalue weighted by atomic mass is 10.1. The first kappa shape index (κ1) is 28.4. The average molecular weight is 671 g/mol. The summed E-state index contributed by atoms with van der Waals surface area (Å²) in [5.74, 6) is -3.79. The summed E-state index contributed by atoms with van der Waals surface area (Å²) in [6.45, 7) is 2.93. The molecule has 1 heterocycles. The van der Waals surface area contributed by atoms with E-state index >= 15 is 8.78 Å². The predicted molar refractivity (Wildman–Crippen MR) is 142 cm³/mol. The van der Waals surface area contributed by atoms with Crippen molar-refractivity contribution in [3.63, 3.8) is 0 Å². The molecule has 0 unspecified atom stereocenters. The number of ether oxygens (including phenoxy) is 1. The molecule has 1 saturated carbocycles. The Labute approximate surface area is 232 Å². The predicted octanol–water partition coefficient (Wildman–Crippen LogP) is 3.65. The van der Waals surface area contributed by atoms with Gasteiger partial charge in [-0.05, 0) is 65.6 Å². The van der Waals surface area contributed by atoms with Gasteiger partial charge >= 0.3 is 0 Å². The number of hydrogen-bond donors (Lipinski definition) is 3. The summed E-state index contributed by atoms with van der Waals surface area (Å²) in [5.41, 5.74) is 1.37. The first-order valence-corrected chi connectivity index (χ1v) is 14.6. The Hall–Kier alpha value is -1.62. The fourth-order valence-corrected chi connectivity index (χ4v) is 5.65. The van der Waals surface area contributed by atoms with Crippen LogP contribution in [0.25, 0.3) is 0 Å². The highest BCUT2D eigenvalue weighted by Crippen LogP contribution is 2.34. The molecule has 0 bridgehead atoms. The van der Waals surface area contributed by atoms with Gasteiger partial charge in [-0.2, -0.15) is 0 Å². The minimum absolute atomic E-state index is 0.0340. The van der Waals surface area contributed by atoms with E-state index in [9.17, 15) is 13.2 Å². The lowest BCUT2D eigenvalue weighted by Crippen LogP contribution is -2.41. The third-order valence-electron chi connectivity index (χ3n) is 5.90. The van der Waals surface area contributed by atoms with Crippen LogP contribution >= 0.6 is 34.2 Å². The number of sulfonamides is 1. The lowest BCUT2D eigenvalue weighted by Gasteiger charge is -2.26. The molecule has 14 heteroatoms. The van der Waals surface area contributed by atoms with E-state index in [-0.39, 0.29) is 23.9 Å². The summed E-state index contributed by atoms with van der Waals surface area (Å²) in [5, 5.41) is 2.83. The van der Waals surface area contributed by atoms with Crippen LogP contribution in [0.4, 0.5) is 20.2 Å². The second kappa shape index (κ2) is 12.5. The molecule has 0 atom stereocenters. The molecular weight excluding hydrogens is 645 g/mol. The van der Waals surface area contributed by atoms with Crippen molar-refractivity contribution in [2.75, 3.05) is 51.3 Å². The van der Waals surface area contributed by atoms with Crippen LogP contribution in [0, 0.1) is 21.1 Å². The summed E-state index contributed by atoms with van der Waals surface area (Å²) in [4.78, 5) is 19.1. The number of hydrogen-bond acceptors (Lipinski definition) is 7. The van der Waals surface area contributed by atoms with E-state index in [4.69, 9.17) is 21.2 Å². The first-order chi connectivity index (χ1) is 17.7. The van der Waals surface area contributed by atoms with Crippen molar-refractivity contribution in [2.45, 2.75) is 17.7 Å². The molecular formula is C23H26ClF2IN4O5S. The minimum Gasteiger partial charge on any atom is -0.379 e. The topological polar surface area (TPSA) is 109 Å². The molecule has 2 aliphatic rings. The highest BCUT2D eigenvalue weighted by molar-refractivity contribution is 14.1. The van der Waals surface area contributed by atoms with E-state index in [1.807, 2.05) is 27.5 Å². The molecule has 3 N–H and O–H groups in total. The number of carbonyl (C=O) groups excluding carboxylic acids is 1. The van der Waals surface area contributed by atoms with Crippen LogP contribution in [-0.4, -0.2) is 65.2 Å². The molecule has 0 aromatic heterocycles. The van der Waals surface area contributed by atoms with Gasteiger partial charge in [-0.1, -0.05) is 11.6 Å². The van der Waals surface area contributed by atoms with Gasteiger partial charge in [0.15, 0.2) is 11.6 Å². The van der Waals surface area contributed by atoms with Gasteiger partial charge in [0.2, 0.25) is 10.0 Å². The van der Waals surface area contributed by atoms with Crippen LogP contribution in [0.1, 0.15) is 23.2 Å². The van der Waals surface area contributed by atoms with Gasteiger partial charge in [0.05, 0.1) is 41.8 Å². The largest absolute Gasteiger partial charge is 0.379 e. The Morgan fingerprint density at radius 2 is 1.92 bits per heavy atom. The number of nitrogens with zero attached hydrogens (tertiary/aromatic N) is 1.